The first-order valence-corrected chi connectivity index (χ1v) is 6.71. The Morgan fingerprint density at radius 2 is 2.12 bits per heavy atom. The maximum absolute atomic E-state index is 5.86. The van der Waals surface area contributed by atoms with E-state index in [1.54, 1.807) is 0 Å². The molecular weight excluding hydrogens is 216 g/mol. The summed E-state index contributed by atoms with van der Waals surface area (Å²) in [4.78, 5) is 3.55. The van der Waals surface area contributed by atoms with Crippen LogP contribution in [0.2, 0.25) is 0 Å². The Morgan fingerprint density at radius 3 is 2.75 bits per heavy atom. The van der Waals surface area contributed by atoms with Gasteiger partial charge in [0.2, 0.25) is 0 Å². The smallest absolute Gasteiger partial charge is 0.0266 e. The molecule has 0 spiro atoms. The van der Waals surface area contributed by atoms with Gasteiger partial charge >= 0.3 is 0 Å². The molecule has 0 heterocycles. The molecule has 3 heteroatoms. The number of nitrogens with zero attached hydrogens (tertiary/aromatic N) is 1. The molecule has 2 nitrogen and oxygen atoms in total. The lowest BCUT2D eigenvalue weighted by atomic mass is 10.1. The van der Waals surface area contributed by atoms with Crippen LogP contribution in [0.3, 0.4) is 0 Å². The summed E-state index contributed by atoms with van der Waals surface area (Å²) in [6.07, 6.45) is 1.22. The molecule has 0 amide bonds. The quantitative estimate of drug-likeness (QED) is 0.610. The number of hydrogen-bond donors (Lipinski definition) is 1. The number of rotatable bonds is 6. The Balaban J connectivity index is 2.39. The molecule has 0 radical (unpaired) electrons. The Hall–Kier alpha value is -0.510. The van der Waals surface area contributed by atoms with Gasteiger partial charge in [-0.2, -0.15) is 0 Å². The fraction of sp³-hybridized carbons (Fsp3) is 0.538. The minimum absolute atomic E-state index is 0.127. The third-order valence-electron chi connectivity index (χ3n) is 2.40. The second kappa shape index (κ2) is 6.94. The summed E-state index contributed by atoms with van der Waals surface area (Å²) in [5.74, 6) is 1.17. The summed E-state index contributed by atoms with van der Waals surface area (Å²) in [7, 11) is 4.22. The fourth-order valence-electron chi connectivity index (χ4n) is 1.46. The largest absolute Gasteiger partial charge is 0.324 e. The van der Waals surface area contributed by atoms with Gasteiger partial charge in [0.05, 0.1) is 0 Å². The Kier molecular flexibility index (Phi) is 5.88. The van der Waals surface area contributed by atoms with E-state index in [4.69, 9.17) is 5.73 Å². The zero-order valence-corrected chi connectivity index (χ0v) is 11.3. The Morgan fingerprint density at radius 1 is 1.38 bits per heavy atom. The van der Waals surface area contributed by atoms with E-state index in [0.29, 0.717) is 0 Å². The second-order valence-electron chi connectivity index (χ2n) is 4.37. The van der Waals surface area contributed by atoms with Crippen molar-refractivity contribution in [2.45, 2.75) is 24.3 Å². The Bertz CT molecular complexity index is 311. The lowest BCUT2D eigenvalue weighted by Gasteiger charge is -2.10. The number of nitrogens with two attached hydrogens (primary N) is 1. The van der Waals surface area contributed by atoms with Crippen molar-refractivity contribution in [2.75, 3.05) is 26.4 Å². The van der Waals surface area contributed by atoms with Crippen LogP contribution in [0.1, 0.15) is 24.9 Å². The molecule has 0 fully saturated rings. The van der Waals surface area contributed by atoms with E-state index in [-0.39, 0.29) is 6.04 Å². The van der Waals surface area contributed by atoms with E-state index < -0.39 is 0 Å². The van der Waals surface area contributed by atoms with E-state index >= 15 is 0 Å². The molecule has 1 unspecified atom stereocenters. The summed E-state index contributed by atoms with van der Waals surface area (Å²) in [5, 5.41) is 0. The van der Waals surface area contributed by atoms with Gasteiger partial charge in [0.25, 0.3) is 0 Å². The summed E-state index contributed by atoms with van der Waals surface area (Å²) < 4.78 is 0. The highest BCUT2D eigenvalue weighted by Gasteiger charge is 2.01. The summed E-state index contributed by atoms with van der Waals surface area (Å²) in [6, 6.07) is 8.67. The number of benzene rings is 1. The molecule has 1 rings (SSSR count). The topological polar surface area (TPSA) is 29.3 Å². The number of hydrogen-bond acceptors (Lipinski definition) is 3. The van der Waals surface area contributed by atoms with Crippen molar-refractivity contribution >= 4 is 11.8 Å². The van der Waals surface area contributed by atoms with Crippen LogP contribution in [0.15, 0.2) is 29.2 Å². The molecule has 0 aliphatic carbocycles. The predicted octanol–water partition coefficient (Wildman–Crippen LogP) is 2.75. The average Bonchev–Trinajstić information content (AvgIpc) is 2.24. The molecule has 1 aromatic rings. The molecule has 90 valence electrons. The highest BCUT2D eigenvalue weighted by molar-refractivity contribution is 7.99. The van der Waals surface area contributed by atoms with E-state index in [2.05, 4.69) is 43.3 Å². The van der Waals surface area contributed by atoms with Crippen LogP contribution in [0.25, 0.3) is 0 Å². The molecule has 16 heavy (non-hydrogen) atoms. The number of thioether (sulfide) groups is 1. The van der Waals surface area contributed by atoms with Gasteiger partial charge in [-0.1, -0.05) is 12.1 Å². The molecule has 0 saturated carbocycles. The van der Waals surface area contributed by atoms with Gasteiger partial charge in [0.15, 0.2) is 0 Å². The normalized spacial score (nSPS) is 13.1. The SMILES string of the molecule is CC(N)c1cccc(SCCCN(C)C)c1. The molecule has 1 aromatic carbocycles. The first kappa shape index (κ1) is 13.6. The zero-order chi connectivity index (χ0) is 12.0. The van der Waals surface area contributed by atoms with Gasteiger partial charge in [0, 0.05) is 10.9 Å². The van der Waals surface area contributed by atoms with Crippen molar-refractivity contribution in [3.63, 3.8) is 0 Å². The van der Waals surface area contributed by atoms with E-state index in [1.807, 2.05) is 18.7 Å². The lowest BCUT2D eigenvalue weighted by Crippen LogP contribution is -2.13. The van der Waals surface area contributed by atoms with E-state index in [9.17, 15) is 0 Å². The molecular formula is C13H22N2S. The van der Waals surface area contributed by atoms with Crippen molar-refractivity contribution < 1.29 is 0 Å². The van der Waals surface area contributed by atoms with E-state index in [1.165, 1.54) is 22.6 Å². The molecule has 0 bridgehead atoms. The molecule has 0 aliphatic rings. The van der Waals surface area contributed by atoms with Gasteiger partial charge in [-0.3, -0.25) is 0 Å². The average molecular weight is 238 g/mol. The maximum Gasteiger partial charge on any atom is 0.0266 e. The first-order valence-electron chi connectivity index (χ1n) is 5.72. The van der Waals surface area contributed by atoms with Gasteiger partial charge in [-0.25, -0.2) is 0 Å². The highest BCUT2D eigenvalue weighted by atomic mass is 32.2. The maximum atomic E-state index is 5.86. The van der Waals surface area contributed by atoms with Crippen LogP contribution in [-0.4, -0.2) is 31.3 Å². The van der Waals surface area contributed by atoms with Crippen molar-refractivity contribution in [3.05, 3.63) is 29.8 Å². The van der Waals surface area contributed by atoms with Crippen molar-refractivity contribution in [1.82, 2.24) is 4.90 Å². The summed E-state index contributed by atoms with van der Waals surface area (Å²) in [6.45, 7) is 3.18. The first-order chi connectivity index (χ1) is 7.59. The van der Waals surface area contributed by atoms with Crippen LogP contribution >= 0.6 is 11.8 Å². The van der Waals surface area contributed by atoms with Gasteiger partial charge in [-0.05, 0) is 57.4 Å². The lowest BCUT2D eigenvalue weighted by molar-refractivity contribution is 0.410. The van der Waals surface area contributed by atoms with Crippen molar-refractivity contribution in [1.29, 1.82) is 0 Å². The van der Waals surface area contributed by atoms with Crippen LogP contribution in [0.5, 0.6) is 0 Å². The minimum atomic E-state index is 0.127. The molecule has 0 saturated heterocycles. The minimum Gasteiger partial charge on any atom is -0.324 e. The summed E-state index contributed by atoms with van der Waals surface area (Å²) in [5.41, 5.74) is 7.08. The molecule has 0 aromatic heterocycles. The molecule has 1 atom stereocenters. The standard InChI is InChI=1S/C13H22N2S/c1-11(14)12-6-4-7-13(10-12)16-9-5-8-15(2)3/h4,6-7,10-11H,5,8-9,14H2,1-3H3. The van der Waals surface area contributed by atoms with E-state index in [0.717, 1.165) is 6.54 Å². The van der Waals surface area contributed by atoms with Crippen LogP contribution in [0, 0.1) is 0 Å². The summed E-state index contributed by atoms with van der Waals surface area (Å²) >= 11 is 1.91. The monoisotopic (exact) mass is 238 g/mol. The zero-order valence-electron chi connectivity index (χ0n) is 10.4. The second-order valence-corrected chi connectivity index (χ2v) is 5.53. The third-order valence-corrected chi connectivity index (χ3v) is 3.48. The molecule has 0 aliphatic heterocycles. The van der Waals surface area contributed by atoms with Gasteiger partial charge in [-0.15, -0.1) is 11.8 Å². The molecule has 2 N–H and O–H groups in total. The Labute approximate surface area is 103 Å². The van der Waals surface area contributed by atoms with Crippen LogP contribution in [-0.2, 0) is 0 Å². The highest BCUT2D eigenvalue weighted by Crippen LogP contribution is 2.22. The predicted molar refractivity (Wildman–Crippen MR) is 72.9 cm³/mol. The van der Waals surface area contributed by atoms with Crippen LogP contribution in [0.4, 0.5) is 0 Å². The van der Waals surface area contributed by atoms with Gasteiger partial charge < -0.3 is 10.6 Å². The van der Waals surface area contributed by atoms with Crippen molar-refractivity contribution in [2.24, 2.45) is 5.73 Å². The van der Waals surface area contributed by atoms with Crippen LogP contribution < -0.4 is 5.73 Å². The van der Waals surface area contributed by atoms with Gasteiger partial charge in [0.1, 0.15) is 0 Å². The fourth-order valence-corrected chi connectivity index (χ4v) is 2.36. The third kappa shape index (κ3) is 5.01. The van der Waals surface area contributed by atoms with Crippen molar-refractivity contribution in [3.8, 4) is 0 Å².